The standard InChI is InChI=1S/C16H20N2O3/c1-2-9-18(12-16(20)21)15(19)8-11-17-10-7-13-5-3-4-6-14(13)17/h3-7,10H,2,8-9,11-12H2,1H3,(H,20,21). The zero-order valence-electron chi connectivity index (χ0n) is 12.2. The zero-order chi connectivity index (χ0) is 15.2. The molecule has 2 rings (SSSR count). The minimum atomic E-state index is -0.969. The van der Waals surface area contributed by atoms with Gasteiger partial charge >= 0.3 is 5.97 Å². The first-order valence-electron chi connectivity index (χ1n) is 7.15. The molecule has 5 nitrogen and oxygen atoms in total. The third-order valence-electron chi connectivity index (χ3n) is 3.42. The van der Waals surface area contributed by atoms with Crippen LogP contribution in [0.4, 0.5) is 0 Å². The van der Waals surface area contributed by atoms with Gasteiger partial charge in [0, 0.05) is 31.2 Å². The van der Waals surface area contributed by atoms with Crippen LogP contribution < -0.4 is 0 Å². The van der Waals surface area contributed by atoms with Crippen molar-refractivity contribution < 1.29 is 14.7 Å². The first-order valence-corrected chi connectivity index (χ1v) is 7.15. The number of para-hydroxylation sites is 1. The predicted octanol–water partition coefficient (Wildman–Crippen LogP) is 2.35. The molecule has 0 saturated heterocycles. The van der Waals surface area contributed by atoms with E-state index in [9.17, 15) is 9.59 Å². The van der Waals surface area contributed by atoms with Crippen LogP contribution in [0.15, 0.2) is 36.5 Å². The second-order valence-corrected chi connectivity index (χ2v) is 5.03. The third-order valence-corrected chi connectivity index (χ3v) is 3.42. The fourth-order valence-electron chi connectivity index (χ4n) is 2.43. The van der Waals surface area contributed by atoms with Gasteiger partial charge in [0.25, 0.3) is 0 Å². The lowest BCUT2D eigenvalue weighted by atomic mass is 10.2. The van der Waals surface area contributed by atoms with Gasteiger partial charge < -0.3 is 14.6 Å². The van der Waals surface area contributed by atoms with Crippen LogP contribution in [0.1, 0.15) is 19.8 Å². The van der Waals surface area contributed by atoms with E-state index in [-0.39, 0.29) is 12.5 Å². The lowest BCUT2D eigenvalue weighted by molar-refractivity contribution is -0.144. The molecule has 0 saturated carbocycles. The van der Waals surface area contributed by atoms with Crippen molar-refractivity contribution >= 4 is 22.8 Å². The second-order valence-electron chi connectivity index (χ2n) is 5.03. The van der Waals surface area contributed by atoms with Crippen molar-refractivity contribution in [2.24, 2.45) is 0 Å². The number of amides is 1. The molecular weight excluding hydrogens is 268 g/mol. The Kier molecular flexibility index (Phi) is 4.98. The molecule has 0 atom stereocenters. The first-order chi connectivity index (χ1) is 10.1. The molecule has 5 heteroatoms. The molecule has 0 radical (unpaired) electrons. The van der Waals surface area contributed by atoms with Crippen molar-refractivity contribution in [1.29, 1.82) is 0 Å². The molecule has 21 heavy (non-hydrogen) atoms. The first kappa shape index (κ1) is 15.1. The van der Waals surface area contributed by atoms with Gasteiger partial charge in [-0.15, -0.1) is 0 Å². The molecule has 0 bridgehead atoms. The van der Waals surface area contributed by atoms with Gasteiger partial charge in [-0.3, -0.25) is 9.59 Å². The highest BCUT2D eigenvalue weighted by atomic mass is 16.4. The van der Waals surface area contributed by atoms with Gasteiger partial charge in [0.2, 0.25) is 5.91 Å². The van der Waals surface area contributed by atoms with E-state index in [1.165, 1.54) is 4.90 Å². The Morgan fingerprint density at radius 1 is 1.24 bits per heavy atom. The predicted molar refractivity (Wildman–Crippen MR) is 81.1 cm³/mol. The van der Waals surface area contributed by atoms with Crippen molar-refractivity contribution in [2.45, 2.75) is 26.3 Å². The van der Waals surface area contributed by atoms with E-state index >= 15 is 0 Å². The van der Waals surface area contributed by atoms with Crippen LogP contribution in [0.2, 0.25) is 0 Å². The lowest BCUT2D eigenvalue weighted by Gasteiger charge is -2.20. The lowest BCUT2D eigenvalue weighted by Crippen LogP contribution is -2.36. The van der Waals surface area contributed by atoms with Crippen LogP contribution in [-0.2, 0) is 16.1 Å². The number of fused-ring (bicyclic) bond motifs is 1. The fraction of sp³-hybridized carbons (Fsp3) is 0.375. The number of carboxylic acid groups (broad SMARTS) is 1. The molecular formula is C16H20N2O3. The molecule has 1 heterocycles. The van der Waals surface area contributed by atoms with Gasteiger partial charge in [0.05, 0.1) is 0 Å². The molecule has 1 aromatic heterocycles. The largest absolute Gasteiger partial charge is 0.480 e. The maximum absolute atomic E-state index is 12.1. The molecule has 0 aliphatic carbocycles. The molecule has 0 aliphatic rings. The molecule has 112 valence electrons. The average molecular weight is 288 g/mol. The summed E-state index contributed by atoms with van der Waals surface area (Å²) in [5.41, 5.74) is 1.09. The topological polar surface area (TPSA) is 62.5 Å². The summed E-state index contributed by atoms with van der Waals surface area (Å²) in [7, 11) is 0. The van der Waals surface area contributed by atoms with Crippen LogP contribution in [0.3, 0.4) is 0 Å². The Bertz CT molecular complexity index is 633. The van der Waals surface area contributed by atoms with Crippen LogP contribution in [0, 0.1) is 0 Å². The van der Waals surface area contributed by atoms with Crippen molar-refractivity contribution in [3.63, 3.8) is 0 Å². The van der Waals surface area contributed by atoms with Crippen LogP contribution >= 0.6 is 0 Å². The highest BCUT2D eigenvalue weighted by molar-refractivity contribution is 5.82. The number of rotatable bonds is 7. The van der Waals surface area contributed by atoms with Gasteiger partial charge in [-0.2, -0.15) is 0 Å². The Balaban J connectivity index is 2.00. The number of carbonyl (C=O) groups excluding carboxylic acids is 1. The van der Waals surface area contributed by atoms with Crippen molar-refractivity contribution in [3.05, 3.63) is 36.5 Å². The van der Waals surface area contributed by atoms with Gasteiger partial charge in [0.1, 0.15) is 6.54 Å². The minimum Gasteiger partial charge on any atom is -0.480 e. The average Bonchev–Trinajstić information content (AvgIpc) is 2.87. The maximum Gasteiger partial charge on any atom is 0.323 e. The van der Waals surface area contributed by atoms with Crippen molar-refractivity contribution in [1.82, 2.24) is 9.47 Å². The summed E-state index contributed by atoms with van der Waals surface area (Å²) in [6.07, 6.45) is 3.02. The Labute approximate surface area is 123 Å². The number of carbonyl (C=O) groups is 2. The summed E-state index contributed by atoms with van der Waals surface area (Å²) in [6.45, 7) is 2.75. The van der Waals surface area contributed by atoms with E-state index in [0.29, 0.717) is 19.5 Å². The SMILES string of the molecule is CCCN(CC(=O)O)C(=O)CCn1ccc2ccccc21. The van der Waals surface area contributed by atoms with E-state index in [1.807, 2.05) is 48.0 Å². The quantitative estimate of drug-likeness (QED) is 0.850. The highest BCUT2D eigenvalue weighted by Gasteiger charge is 2.15. The molecule has 2 aromatic rings. The highest BCUT2D eigenvalue weighted by Crippen LogP contribution is 2.15. The molecule has 1 N–H and O–H groups in total. The summed E-state index contributed by atoms with van der Waals surface area (Å²) >= 11 is 0. The van der Waals surface area contributed by atoms with E-state index in [4.69, 9.17) is 5.11 Å². The van der Waals surface area contributed by atoms with Crippen LogP contribution in [0.25, 0.3) is 10.9 Å². The monoisotopic (exact) mass is 288 g/mol. The van der Waals surface area contributed by atoms with E-state index in [2.05, 4.69) is 0 Å². The number of benzene rings is 1. The summed E-state index contributed by atoms with van der Waals surface area (Å²) in [5, 5.41) is 9.99. The smallest absolute Gasteiger partial charge is 0.323 e. The summed E-state index contributed by atoms with van der Waals surface area (Å²) in [6, 6.07) is 10.0. The van der Waals surface area contributed by atoms with Gasteiger partial charge in [0.15, 0.2) is 0 Å². The van der Waals surface area contributed by atoms with Crippen LogP contribution in [0.5, 0.6) is 0 Å². The van der Waals surface area contributed by atoms with Crippen molar-refractivity contribution in [3.8, 4) is 0 Å². The fourth-order valence-corrected chi connectivity index (χ4v) is 2.43. The molecule has 0 unspecified atom stereocenters. The minimum absolute atomic E-state index is 0.114. The number of hydrogen-bond acceptors (Lipinski definition) is 2. The van der Waals surface area contributed by atoms with Crippen molar-refractivity contribution in [2.75, 3.05) is 13.1 Å². The molecule has 0 fully saturated rings. The van der Waals surface area contributed by atoms with Crippen LogP contribution in [-0.4, -0.2) is 39.5 Å². The second kappa shape index (κ2) is 6.92. The molecule has 1 amide bonds. The summed E-state index contributed by atoms with van der Waals surface area (Å²) < 4.78 is 2.03. The zero-order valence-corrected chi connectivity index (χ0v) is 12.2. The Hall–Kier alpha value is -2.30. The maximum atomic E-state index is 12.1. The van der Waals surface area contributed by atoms with E-state index in [1.54, 1.807) is 0 Å². The number of aryl methyl sites for hydroxylation is 1. The number of carboxylic acids is 1. The summed E-state index contributed by atoms with van der Waals surface area (Å²) in [5.74, 6) is -1.08. The van der Waals surface area contributed by atoms with E-state index in [0.717, 1.165) is 17.3 Å². The molecule has 0 spiro atoms. The number of hydrogen-bond donors (Lipinski definition) is 1. The van der Waals surface area contributed by atoms with Gasteiger partial charge in [-0.05, 0) is 23.9 Å². The molecule has 0 aliphatic heterocycles. The third kappa shape index (κ3) is 3.84. The Morgan fingerprint density at radius 2 is 2.00 bits per heavy atom. The normalized spacial score (nSPS) is 10.7. The summed E-state index contributed by atoms with van der Waals surface area (Å²) in [4.78, 5) is 24.4. The Morgan fingerprint density at radius 3 is 2.71 bits per heavy atom. The molecule has 1 aromatic carbocycles. The number of aromatic nitrogens is 1. The van der Waals surface area contributed by atoms with E-state index < -0.39 is 5.97 Å². The number of aliphatic carboxylic acids is 1. The number of nitrogens with zero attached hydrogens (tertiary/aromatic N) is 2. The van der Waals surface area contributed by atoms with Gasteiger partial charge in [-0.1, -0.05) is 25.1 Å². The van der Waals surface area contributed by atoms with Gasteiger partial charge in [-0.25, -0.2) is 0 Å².